The van der Waals surface area contributed by atoms with Gasteiger partial charge in [-0.15, -0.1) is 11.3 Å². The first kappa shape index (κ1) is 13.6. The molecule has 2 unspecified atom stereocenters. The van der Waals surface area contributed by atoms with Crippen LogP contribution < -0.4 is 4.74 Å². The summed E-state index contributed by atoms with van der Waals surface area (Å²) >= 11 is 1.41. The van der Waals surface area contributed by atoms with Gasteiger partial charge in [0.1, 0.15) is 11.5 Å². The lowest BCUT2D eigenvalue weighted by Gasteiger charge is -2.28. The second kappa shape index (κ2) is 5.56. The second-order valence-electron chi connectivity index (χ2n) is 5.52. The number of hydrogen-bond donors (Lipinski definition) is 0. The van der Waals surface area contributed by atoms with Crippen LogP contribution in [0.4, 0.5) is 0 Å². The van der Waals surface area contributed by atoms with Crippen molar-refractivity contribution in [2.45, 2.75) is 38.1 Å². The highest BCUT2D eigenvalue weighted by Gasteiger charge is 2.40. The summed E-state index contributed by atoms with van der Waals surface area (Å²) in [5.41, 5.74) is 0. The molecule has 2 heterocycles. The number of nitrogens with zero attached hydrogens (tertiary/aromatic N) is 1. The number of thiophene rings is 1. The monoisotopic (exact) mass is 293 g/mol. The summed E-state index contributed by atoms with van der Waals surface area (Å²) < 4.78 is 5.14. The maximum absolute atomic E-state index is 12.6. The molecular weight excluding hydrogens is 274 g/mol. The van der Waals surface area contributed by atoms with Gasteiger partial charge in [0.2, 0.25) is 0 Å². The van der Waals surface area contributed by atoms with Crippen LogP contribution in [-0.4, -0.2) is 36.3 Å². The zero-order valence-corrected chi connectivity index (χ0v) is 12.4. The number of rotatable bonds is 3. The van der Waals surface area contributed by atoms with Crippen LogP contribution in [0, 0.1) is 5.92 Å². The molecule has 1 aromatic rings. The average molecular weight is 293 g/mol. The number of carbonyl (C=O) groups is 2. The minimum absolute atomic E-state index is 0.0560. The maximum Gasteiger partial charge on any atom is 0.264 e. The quantitative estimate of drug-likeness (QED) is 0.861. The molecule has 1 amide bonds. The van der Waals surface area contributed by atoms with Gasteiger partial charge in [-0.3, -0.25) is 9.59 Å². The molecule has 20 heavy (non-hydrogen) atoms. The Morgan fingerprint density at radius 3 is 2.90 bits per heavy atom. The molecule has 1 saturated heterocycles. The topological polar surface area (TPSA) is 46.6 Å². The van der Waals surface area contributed by atoms with Crippen LogP contribution in [-0.2, 0) is 4.79 Å². The average Bonchev–Trinajstić information content (AvgIpc) is 3.17. The van der Waals surface area contributed by atoms with Crippen molar-refractivity contribution in [2.24, 2.45) is 5.92 Å². The maximum atomic E-state index is 12.6. The van der Waals surface area contributed by atoms with Crippen molar-refractivity contribution in [3.05, 3.63) is 16.3 Å². The molecular formula is C15H19NO3S. The first-order chi connectivity index (χ1) is 9.70. The highest BCUT2D eigenvalue weighted by Crippen LogP contribution is 2.35. The van der Waals surface area contributed by atoms with Gasteiger partial charge in [0, 0.05) is 36.4 Å². The van der Waals surface area contributed by atoms with E-state index in [1.54, 1.807) is 13.2 Å². The van der Waals surface area contributed by atoms with Crippen LogP contribution in [0.25, 0.3) is 0 Å². The van der Waals surface area contributed by atoms with Crippen molar-refractivity contribution in [3.63, 3.8) is 0 Å². The number of hydrogen-bond acceptors (Lipinski definition) is 4. The van der Waals surface area contributed by atoms with E-state index in [1.165, 1.54) is 11.3 Å². The van der Waals surface area contributed by atoms with Gasteiger partial charge in [-0.2, -0.15) is 0 Å². The molecule has 4 nitrogen and oxygen atoms in total. The van der Waals surface area contributed by atoms with Crippen molar-refractivity contribution in [1.29, 1.82) is 0 Å². The van der Waals surface area contributed by atoms with Gasteiger partial charge in [-0.1, -0.05) is 0 Å². The number of ether oxygens (including phenoxy) is 1. The highest BCUT2D eigenvalue weighted by molar-refractivity contribution is 7.12. The van der Waals surface area contributed by atoms with Gasteiger partial charge in [-0.05, 0) is 25.7 Å². The molecule has 2 fully saturated rings. The van der Waals surface area contributed by atoms with E-state index in [0.29, 0.717) is 17.1 Å². The molecule has 0 bridgehead atoms. The summed E-state index contributed by atoms with van der Waals surface area (Å²) in [6, 6.07) is 1.91. The van der Waals surface area contributed by atoms with Crippen molar-refractivity contribution in [1.82, 2.24) is 4.90 Å². The van der Waals surface area contributed by atoms with Gasteiger partial charge in [0.05, 0.1) is 12.0 Å². The molecule has 2 atom stereocenters. The molecule has 0 N–H and O–H groups in total. The van der Waals surface area contributed by atoms with Crippen LogP contribution >= 0.6 is 11.3 Å². The van der Waals surface area contributed by atoms with Crippen molar-refractivity contribution in [2.75, 3.05) is 13.7 Å². The molecule has 1 aromatic heterocycles. The molecule has 0 radical (unpaired) electrons. The van der Waals surface area contributed by atoms with Crippen molar-refractivity contribution in [3.8, 4) is 5.75 Å². The Morgan fingerprint density at radius 1 is 1.40 bits per heavy atom. The molecule has 3 rings (SSSR count). The number of ketones is 1. The fraction of sp³-hybridized carbons (Fsp3) is 0.600. The van der Waals surface area contributed by atoms with E-state index in [0.717, 1.165) is 38.0 Å². The smallest absolute Gasteiger partial charge is 0.264 e. The van der Waals surface area contributed by atoms with Crippen LogP contribution in [0.1, 0.15) is 41.8 Å². The lowest BCUT2D eigenvalue weighted by atomic mass is 9.95. The first-order valence-electron chi connectivity index (χ1n) is 7.17. The van der Waals surface area contributed by atoms with Crippen molar-refractivity contribution < 1.29 is 14.3 Å². The summed E-state index contributed by atoms with van der Waals surface area (Å²) in [5, 5.41) is 1.85. The minimum atomic E-state index is 0.0560. The fourth-order valence-electron chi connectivity index (χ4n) is 3.39. The first-order valence-corrected chi connectivity index (χ1v) is 8.05. The van der Waals surface area contributed by atoms with Gasteiger partial charge < -0.3 is 9.64 Å². The summed E-state index contributed by atoms with van der Waals surface area (Å²) in [7, 11) is 1.60. The molecule has 0 spiro atoms. The third kappa shape index (κ3) is 2.35. The van der Waals surface area contributed by atoms with E-state index < -0.39 is 0 Å². The molecule has 1 saturated carbocycles. The van der Waals surface area contributed by atoms with E-state index in [4.69, 9.17) is 4.74 Å². The van der Waals surface area contributed by atoms with E-state index in [-0.39, 0.29) is 17.9 Å². The predicted octanol–water partition coefficient (Wildman–Crippen LogP) is 2.73. The third-order valence-electron chi connectivity index (χ3n) is 4.40. The summed E-state index contributed by atoms with van der Waals surface area (Å²) in [6.45, 7) is 0.771. The second-order valence-corrected chi connectivity index (χ2v) is 6.44. The zero-order chi connectivity index (χ0) is 14.1. The lowest BCUT2D eigenvalue weighted by molar-refractivity contribution is -0.121. The van der Waals surface area contributed by atoms with E-state index >= 15 is 0 Å². The van der Waals surface area contributed by atoms with Gasteiger partial charge in [0.15, 0.2) is 0 Å². The molecule has 108 valence electrons. The summed E-state index contributed by atoms with van der Waals surface area (Å²) in [5.74, 6) is 1.20. The molecule has 5 heteroatoms. The Balaban J connectivity index is 1.77. The Kier molecular flexibility index (Phi) is 3.78. The van der Waals surface area contributed by atoms with Crippen LogP contribution in [0.15, 0.2) is 11.4 Å². The Labute approximate surface area is 122 Å². The van der Waals surface area contributed by atoms with Crippen LogP contribution in [0.5, 0.6) is 5.75 Å². The van der Waals surface area contributed by atoms with E-state index in [2.05, 4.69) is 0 Å². The number of methoxy groups -OCH3 is 1. The van der Waals surface area contributed by atoms with E-state index in [9.17, 15) is 9.59 Å². The number of Topliss-reactive ketones (excluding diaryl/α,β-unsaturated/α-hetero) is 1. The van der Waals surface area contributed by atoms with Gasteiger partial charge in [-0.25, -0.2) is 0 Å². The van der Waals surface area contributed by atoms with E-state index in [1.807, 2.05) is 10.3 Å². The molecule has 1 aliphatic carbocycles. The van der Waals surface area contributed by atoms with Crippen LogP contribution in [0.3, 0.4) is 0 Å². The standard InChI is InChI=1S/C15H19NO3S/c1-19-10-8-14(20-9-10)15(18)16-7-3-5-12(16)11-4-2-6-13(11)17/h8-9,11-12H,2-7H2,1H3. The SMILES string of the molecule is COc1csc(C(=O)N2CCCC2C2CCCC2=O)c1. The highest BCUT2D eigenvalue weighted by atomic mass is 32.1. The Morgan fingerprint density at radius 2 is 2.25 bits per heavy atom. The number of amides is 1. The molecule has 2 aliphatic rings. The largest absolute Gasteiger partial charge is 0.496 e. The fourth-order valence-corrected chi connectivity index (χ4v) is 4.20. The van der Waals surface area contributed by atoms with Gasteiger partial charge in [0.25, 0.3) is 5.91 Å². The predicted molar refractivity (Wildman–Crippen MR) is 77.3 cm³/mol. The molecule has 0 aromatic carbocycles. The molecule has 1 aliphatic heterocycles. The zero-order valence-electron chi connectivity index (χ0n) is 11.6. The minimum Gasteiger partial charge on any atom is -0.496 e. The lowest BCUT2D eigenvalue weighted by Crippen LogP contribution is -2.41. The Hall–Kier alpha value is -1.36. The normalized spacial score (nSPS) is 26.2. The number of likely N-dealkylation sites (tertiary alicyclic amines) is 1. The van der Waals surface area contributed by atoms with Crippen LogP contribution in [0.2, 0.25) is 0 Å². The van der Waals surface area contributed by atoms with Gasteiger partial charge >= 0.3 is 0 Å². The summed E-state index contributed by atoms with van der Waals surface area (Å²) in [4.78, 5) is 27.2. The number of carbonyl (C=O) groups excluding carboxylic acids is 2. The Bertz CT molecular complexity index is 525. The summed E-state index contributed by atoms with van der Waals surface area (Å²) in [6.07, 6.45) is 4.58. The third-order valence-corrected chi connectivity index (χ3v) is 5.29. The van der Waals surface area contributed by atoms with Crippen molar-refractivity contribution >= 4 is 23.0 Å².